The summed E-state index contributed by atoms with van der Waals surface area (Å²) in [6.45, 7) is 2.83. The van der Waals surface area contributed by atoms with E-state index in [1.54, 1.807) is 20.3 Å². The first kappa shape index (κ1) is 18.1. The number of aromatic amines is 1. The molecule has 8 heteroatoms. The lowest BCUT2D eigenvalue weighted by molar-refractivity contribution is 0.352. The van der Waals surface area contributed by atoms with Crippen LogP contribution in [0.15, 0.2) is 21.7 Å². The molecule has 1 aliphatic rings. The van der Waals surface area contributed by atoms with Crippen LogP contribution in [-0.4, -0.2) is 35.4 Å². The summed E-state index contributed by atoms with van der Waals surface area (Å²) in [5.74, 6) is 0.847. The molecule has 0 unspecified atom stereocenters. The lowest BCUT2D eigenvalue weighted by Gasteiger charge is -2.28. The first-order valence-corrected chi connectivity index (χ1v) is 8.55. The van der Waals surface area contributed by atoms with E-state index in [1.165, 1.54) is 4.57 Å². The number of hydrogen-bond acceptors (Lipinski definition) is 6. The van der Waals surface area contributed by atoms with Crippen molar-refractivity contribution in [2.75, 3.05) is 20.8 Å². The van der Waals surface area contributed by atoms with E-state index in [4.69, 9.17) is 9.47 Å². The summed E-state index contributed by atoms with van der Waals surface area (Å²) in [6, 6.07) is 3.14. The highest BCUT2D eigenvalue weighted by Gasteiger charge is 2.29. The normalized spacial score (nSPS) is 16.2. The second-order valence-electron chi connectivity index (χ2n) is 6.19. The van der Waals surface area contributed by atoms with Crippen LogP contribution in [-0.2, 0) is 13.0 Å². The number of benzene rings is 1. The van der Waals surface area contributed by atoms with Crippen LogP contribution >= 0.6 is 0 Å². The Morgan fingerprint density at radius 3 is 2.58 bits per heavy atom. The Morgan fingerprint density at radius 2 is 1.92 bits per heavy atom. The molecule has 3 N–H and O–H groups in total. The zero-order chi connectivity index (χ0) is 18.8. The lowest BCUT2D eigenvalue weighted by atomic mass is 9.90. The fraction of sp³-hybridized carbons (Fsp3) is 0.444. The second-order valence-corrected chi connectivity index (χ2v) is 6.19. The van der Waals surface area contributed by atoms with Crippen molar-refractivity contribution in [3.05, 3.63) is 49.7 Å². The molecule has 26 heavy (non-hydrogen) atoms. The van der Waals surface area contributed by atoms with Crippen molar-refractivity contribution in [2.45, 2.75) is 32.4 Å². The first-order chi connectivity index (χ1) is 12.5. The van der Waals surface area contributed by atoms with Gasteiger partial charge >= 0.3 is 5.69 Å². The van der Waals surface area contributed by atoms with Gasteiger partial charge in [-0.15, -0.1) is 0 Å². The average Bonchev–Trinajstić information content (AvgIpc) is 2.64. The largest absolute Gasteiger partial charge is 0.494 e. The van der Waals surface area contributed by atoms with E-state index >= 15 is 0 Å². The highest BCUT2D eigenvalue weighted by atomic mass is 16.5. The van der Waals surface area contributed by atoms with Crippen molar-refractivity contribution >= 4 is 0 Å². The third-order valence-electron chi connectivity index (χ3n) is 4.64. The zero-order valence-electron chi connectivity index (χ0n) is 15.1. The van der Waals surface area contributed by atoms with E-state index in [0.717, 1.165) is 17.5 Å². The number of nitrogens with zero attached hydrogens (tertiary/aromatic N) is 1. The topological polar surface area (TPSA) is 106 Å². The van der Waals surface area contributed by atoms with Crippen LogP contribution in [0.25, 0.3) is 0 Å². The van der Waals surface area contributed by atoms with Gasteiger partial charge in [0.15, 0.2) is 11.5 Å². The first-order valence-electron chi connectivity index (χ1n) is 8.55. The van der Waals surface area contributed by atoms with Crippen molar-refractivity contribution in [3.8, 4) is 17.4 Å². The molecular weight excluding hydrogens is 338 g/mol. The number of H-pyrrole nitrogens is 1. The van der Waals surface area contributed by atoms with Gasteiger partial charge in [0, 0.05) is 13.1 Å². The van der Waals surface area contributed by atoms with Gasteiger partial charge in [0.2, 0.25) is 5.88 Å². The van der Waals surface area contributed by atoms with Crippen LogP contribution in [0.4, 0.5) is 0 Å². The van der Waals surface area contributed by atoms with Crippen molar-refractivity contribution in [1.82, 2.24) is 14.9 Å². The SMILES string of the molecule is CCCn1c(O)c([C@H]2NCCc3cc(OC)c(OC)cc32)c(=O)[nH]c1=O. The number of aromatic hydroxyl groups is 1. The number of rotatable bonds is 5. The second kappa shape index (κ2) is 7.25. The fourth-order valence-electron chi connectivity index (χ4n) is 3.41. The Bertz CT molecular complexity index is 932. The lowest BCUT2D eigenvalue weighted by Crippen LogP contribution is -2.39. The maximum Gasteiger partial charge on any atom is 0.331 e. The predicted octanol–water partition coefficient (Wildman–Crippen LogP) is 0.904. The molecule has 0 fully saturated rings. The van der Waals surface area contributed by atoms with E-state index in [-0.39, 0.29) is 11.4 Å². The van der Waals surface area contributed by atoms with Gasteiger partial charge < -0.3 is 19.9 Å². The molecule has 1 aromatic heterocycles. The quantitative estimate of drug-likeness (QED) is 0.731. The van der Waals surface area contributed by atoms with Crippen molar-refractivity contribution in [2.24, 2.45) is 0 Å². The summed E-state index contributed by atoms with van der Waals surface area (Å²) in [6.07, 6.45) is 1.40. The summed E-state index contributed by atoms with van der Waals surface area (Å²) in [5, 5.41) is 13.9. The van der Waals surface area contributed by atoms with Crippen LogP contribution in [0.3, 0.4) is 0 Å². The third kappa shape index (κ3) is 2.96. The molecule has 0 radical (unpaired) electrons. The monoisotopic (exact) mass is 361 g/mol. The molecule has 0 saturated heterocycles. The molecule has 0 aliphatic carbocycles. The Hall–Kier alpha value is -2.74. The number of methoxy groups -OCH3 is 2. The minimum atomic E-state index is -0.610. The standard InChI is InChI=1S/C18H23N3O5/c1-4-7-21-17(23)14(16(22)20-18(21)24)15-11-9-13(26-3)12(25-2)8-10(11)5-6-19-15/h8-9,15,19,23H,4-7H2,1-3H3,(H,20,22,24)/t15-/m0/s1. The van der Waals surface area contributed by atoms with Gasteiger partial charge in [0.25, 0.3) is 5.56 Å². The number of aromatic nitrogens is 2. The van der Waals surface area contributed by atoms with E-state index in [1.807, 2.05) is 13.0 Å². The Balaban J connectivity index is 2.21. The van der Waals surface area contributed by atoms with Gasteiger partial charge in [-0.2, -0.15) is 0 Å². The number of fused-ring (bicyclic) bond motifs is 1. The molecule has 140 valence electrons. The smallest absolute Gasteiger partial charge is 0.331 e. The van der Waals surface area contributed by atoms with Gasteiger partial charge in [0.1, 0.15) is 0 Å². The van der Waals surface area contributed by atoms with Crippen LogP contribution in [0, 0.1) is 0 Å². The van der Waals surface area contributed by atoms with E-state index < -0.39 is 17.3 Å². The third-order valence-corrected chi connectivity index (χ3v) is 4.64. The highest BCUT2D eigenvalue weighted by molar-refractivity contribution is 5.52. The van der Waals surface area contributed by atoms with Gasteiger partial charge in [-0.25, -0.2) is 4.79 Å². The van der Waals surface area contributed by atoms with Gasteiger partial charge in [-0.1, -0.05) is 6.92 Å². The summed E-state index contributed by atoms with van der Waals surface area (Å²) >= 11 is 0. The molecule has 0 saturated carbocycles. The van der Waals surface area contributed by atoms with Crippen molar-refractivity contribution < 1.29 is 14.6 Å². The molecule has 2 heterocycles. The van der Waals surface area contributed by atoms with Crippen LogP contribution in [0.2, 0.25) is 0 Å². The van der Waals surface area contributed by atoms with Crippen LogP contribution in [0.5, 0.6) is 17.4 Å². The van der Waals surface area contributed by atoms with E-state index in [9.17, 15) is 14.7 Å². The van der Waals surface area contributed by atoms with Gasteiger partial charge in [0.05, 0.1) is 25.8 Å². The zero-order valence-corrected chi connectivity index (χ0v) is 15.1. The molecule has 2 aromatic rings. The summed E-state index contributed by atoms with van der Waals surface area (Å²) in [7, 11) is 3.11. The van der Waals surface area contributed by atoms with E-state index in [0.29, 0.717) is 31.0 Å². The highest BCUT2D eigenvalue weighted by Crippen LogP contribution is 2.38. The molecule has 1 atom stereocenters. The molecule has 0 amide bonds. The number of hydrogen-bond donors (Lipinski definition) is 3. The van der Waals surface area contributed by atoms with Gasteiger partial charge in [-0.05, 0) is 36.1 Å². The Morgan fingerprint density at radius 1 is 1.23 bits per heavy atom. The van der Waals surface area contributed by atoms with Crippen LogP contribution < -0.4 is 26.0 Å². The summed E-state index contributed by atoms with van der Waals surface area (Å²) in [5.41, 5.74) is 0.738. The Labute approximate surface area is 150 Å². The maximum atomic E-state index is 12.5. The van der Waals surface area contributed by atoms with Crippen LogP contribution in [0.1, 0.15) is 36.1 Å². The molecular formula is C18H23N3O5. The van der Waals surface area contributed by atoms with Crippen molar-refractivity contribution in [1.29, 1.82) is 0 Å². The predicted molar refractivity (Wildman–Crippen MR) is 96.4 cm³/mol. The number of ether oxygens (including phenoxy) is 2. The van der Waals surface area contributed by atoms with Crippen molar-refractivity contribution in [3.63, 3.8) is 0 Å². The summed E-state index contributed by atoms with van der Waals surface area (Å²) < 4.78 is 11.9. The maximum absolute atomic E-state index is 12.5. The molecule has 8 nitrogen and oxygen atoms in total. The Kier molecular flexibility index (Phi) is 5.03. The fourth-order valence-corrected chi connectivity index (χ4v) is 3.41. The van der Waals surface area contributed by atoms with Gasteiger partial charge in [-0.3, -0.25) is 14.3 Å². The molecule has 1 aliphatic heterocycles. The number of nitrogens with one attached hydrogen (secondary N) is 2. The minimum absolute atomic E-state index is 0.131. The molecule has 1 aromatic carbocycles. The molecule has 0 spiro atoms. The molecule has 0 bridgehead atoms. The minimum Gasteiger partial charge on any atom is -0.494 e. The van der Waals surface area contributed by atoms with E-state index in [2.05, 4.69) is 10.3 Å². The molecule has 3 rings (SSSR count). The average molecular weight is 361 g/mol. The summed E-state index contributed by atoms with van der Waals surface area (Å²) in [4.78, 5) is 26.8.